The van der Waals surface area contributed by atoms with Gasteiger partial charge in [0.15, 0.2) is 11.5 Å². The van der Waals surface area contributed by atoms with Crippen LogP contribution in [-0.4, -0.2) is 34.2 Å². The van der Waals surface area contributed by atoms with Gasteiger partial charge in [-0.25, -0.2) is 13.1 Å². The largest absolute Gasteiger partial charge is 0.486 e. The number of nitrogens with two attached hydrogens (primary N) is 1. The van der Waals surface area contributed by atoms with Crippen LogP contribution in [0.2, 0.25) is 0 Å². The first-order chi connectivity index (χ1) is 9.58. The average Bonchev–Trinajstić information content (AvgIpc) is 3.29. The van der Waals surface area contributed by atoms with E-state index < -0.39 is 10.0 Å². The van der Waals surface area contributed by atoms with Crippen LogP contribution in [0.1, 0.15) is 12.8 Å². The van der Waals surface area contributed by atoms with Crippen LogP contribution in [0.5, 0.6) is 11.5 Å². The van der Waals surface area contributed by atoms with Crippen molar-refractivity contribution in [1.82, 2.24) is 4.72 Å². The minimum Gasteiger partial charge on any atom is -0.486 e. The molecule has 1 aromatic carbocycles. The first kappa shape index (κ1) is 16.4. The lowest BCUT2D eigenvalue weighted by Crippen LogP contribution is -2.38. The summed E-state index contributed by atoms with van der Waals surface area (Å²) in [6.07, 6.45) is 2.17. The fourth-order valence-electron chi connectivity index (χ4n) is 2.23. The van der Waals surface area contributed by atoms with Gasteiger partial charge in [-0.05, 0) is 30.9 Å². The topological polar surface area (TPSA) is 90.7 Å². The molecule has 0 radical (unpaired) electrons. The quantitative estimate of drug-likeness (QED) is 0.834. The van der Waals surface area contributed by atoms with Crippen molar-refractivity contribution < 1.29 is 17.9 Å². The molecule has 0 aromatic heterocycles. The molecule has 8 heteroatoms. The molecule has 21 heavy (non-hydrogen) atoms. The van der Waals surface area contributed by atoms with Crippen LogP contribution < -0.4 is 19.9 Å². The van der Waals surface area contributed by atoms with Crippen molar-refractivity contribution in [3.05, 3.63) is 18.2 Å². The summed E-state index contributed by atoms with van der Waals surface area (Å²) in [5, 5.41) is 0. The van der Waals surface area contributed by atoms with E-state index >= 15 is 0 Å². The van der Waals surface area contributed by atoms with E-state index in [1.807, 2.05) is 0 Å². The Bertz CT molecular complexity index is 604. The lowest BCUT2D eigenvalue weighted by Gasteiger charge is -2.21. The molecule has 0 bridgehead atoms. The highest BCUT2D eigenvalue weighted by atomic mass is 35.5. The Balaban J connectivity index is 0.00000161. The Morgan fingerprint density at radius 3 is 2.71 bits per heavy atom. The van der Waals surface area contributed by atoms with Crippen LogP contribution in [-0.2, 0) is 10.0 Å². The van der Waals surface area contributed by atoms with Crippen molar-refractivity contribution in [2.75, 3.05) is 19.8 Å². The molecular weight excluding hydrogens is 316 g/mol. The molecule has 118 valence electrons. The molecule has 0 amide bonds. The van der Waals surface area contributed by atoms with E-state index in [1.54, 1.807) is 12.1 Å². The maximum Gasteiger partial charge on any atom is 0.244 e. The molecule has 1 saturated carbocycles. The molecule has 0 spiro atoms. The highest BCUT2D eigenvalue weighted by Gasteiger charge is 2.30. The van der Waals surface area contributed by atoms with Crippen LogP contribution in [0.15, 0.2) is 23.1 Å². The van der Waals surface area contributed by atoms with E-state index in [9.17, 15) is 8.42 Å². The lowest BCUT2D eigenvalue weighted by atomic mass is 10.2. The van der Waals surface area contributed by atoms with Gasteiger partial charge in [-0.1, -0.05) is 6.07 Å². The summed E-state index contributed by atoms with van der Waals surface area (Å²) in [5.74, 6) is 1.19. The molecule has 3 rings (SSSR count). The number of halogens is 1. The molecule has 1 aliphatic heterocycles. The van der Waals surface area contributed by atoms with Gasteiger partial charge >= 0.3 is 0 Å². The molecule has 0 saturated heterocycles. The zero-order valence-electron chi connectivity index (χ0n) is 11.4. The first-order valence-corrected chi connectivity index (χ1v) is 8.20. The third-order valence-electron chi connectivity index (χ3n) is 3.56. The zero-order valence-corrected chi connectivity index (χ0v) is 13.1. The van der Waals surface area contributed by atoms with E-state index in [0.717, 1.165) is 12.8 Å². The van der Waals surface area contributed by atoms with Crippen LogP contribution in [0, 0.1) is 5.92 Å². The molecule has 1 atom stereocenters. The van der Waals surface area contributed by atoms with E-state index in [1.165, 1.54) is 6.07 Å². The second kappa shape index (κ2) is 6.39. The van der Waals surface area contributed by atoms with Gasteiger partial charge < -0.3 is 15.2 Å². The second-order valence-electron chi connectivity index (χ2n) is 5.13. The van der Waals surface area contributed by atoms with Crippen molar-refractivity contribution in [3.8, 4) is 11.5 Å². The molecule has 2 aliphatic rings. The smallest absolute Gasteiger partial charge is 0.244 e. The second-order valence-corrected chi connectivity index (χ2v) is 6.87. The number of benzene rings is 1. The van der Waals surface area contributed by atoms with Gasteiger partial charge in [0.05, 0.1) is 0 Å². The van der Waals surface area contributed by atoms with Crippen molar-refractivity contribution in [2.45, 2.75) is 23.8 Å². The monoisotopic (exact) mass is 334 g/mol. The fourth-order valence-corrected chi connectivity index (χ4v) is 3.46. The summed E-state index contributed by atoms with van der Waals surface area (Å²) in [5.41, 5.74) is 5.92. The summed E-state index contributed by atoms with van der Waals surface area (Å²) in [6, 6.07) is 4.73. The number of ether oxygens (including phenoxy) is 2. The van der Waals surface area contributed by atoms with Gasteiger partial charge in [-0.3, -0.25) is 0 Å². The van der Waals surface area contributed by atoms with Crippen LogP contribution >= 0.6 is 12.4 Å². The standard InChI is InChI=1S/C13H18N2O4S.ClH/c14-10(9-4-5-9)8-15-20(16,17)12-3-1-2-11-13(12)19-7-6-18-11;/h1-3,9-10,15H,4-8,14H2;1H. The summed E-state index contributed by atoms with van der Waals surface area (Å²) < 4.78 is 38.1. The van der Waals surface area contributed by atoms with Gasteiger partial charge in [0, 0.05) is 12.6 Å². The van der Waals surface area contributed by atoms with Gasteiger partial charge in [-0.2, -0.15) is 0 Å². The summed E-state index contributed by atoms with van der Waals surface area (Å²) in [6.45, 7) is 1.02. The fraction of sp³-hybridized carbons (Fsp3) is 0.538. The maximum absolute atomic E-state index is 12.3. The number of fused-ring (bicyclic) bond motifs is 1. The third kappa shape index (κ3) is 3.60. The molecule has 1 unspecified atom stereocenters. The normalized spacial score (nSPS) is 18.7. The maximum atomic E-state index is 12.3. The summed E-state index contributed by atoms with van der Waals surface area (Å²) >= 11 is 0. The Kier molecular flexibility index (Phi) is 4.98. The van der Waals surface area contributed by atoms with Gasteiger partial charge in [-0.15, -0.1) is 12.4 Å². The van der Waals surface area contributed by atoms with Crippen molar-refractivity contribution in [2.24, 2.45) is 11.7 Å². The molecule has 6 nitrogen and oxygen atoms in total. The lowest BCUT2D eigenvalue weighted by molar-refractivity contribution is 0.167. The van der Waals surface area contributed by atoms with Crippen molar-refractivity contribution in [1.29, 1.82) is 0 Å². The summed E-state index contributed by atoms with van der Waals surface area (Å²) in [4.78, 5) is 0.109. The number of hydrogen-bond acceptors (Lipinski definition) is 5. The molecular formula is C13H19ClN2O4S. The molecule has 1 fully saturated rings. The number of hydrogen-bond donors (Lipinski definition) is 2. The molecule has 1 heterocycles. The van der Waals surface area contributed by atoms with Gasteiger partial charge in [0.2, 0.25) is 10.0 Å². The SMILES string of the molecule is Cl.NC(CNS(=O)(=O)c1cccc2c1OCCO2)C1CC1. The van der Waals surface area contributed by atoms with Crippen LogP contribution in [0.4, 0.5) is 0 Å². The predicted molar refractivity (Wildman–Crippen MR) is 80.6 cm³/mol. The third-order valence-corrected chi connectivity index (χ3v) is 5.00. The van der Waals surface area contributed by atoms with E-state index in [4.69, 9.17) is 15.2 Å². The number of para-hydroxylation sites is 1. The Morgan fingerprint density at radius 2 is 2.00 bits per heavy atom. The Morgan fingerprint density at radius 1 is 1.29 bits per heavy atom. The minimum atomic E-state index is -3.64. The highest BCUT2D eigenvalue weighted by molar-refractivity contribution is 7.89. The Hall–Kier alpha value is -1.02. The van der Waals surface area contributed by atoms with Gasteiger partial charge in [0.1, 0.15) is 18.1 Å². The van der Waals surface area contributed by atoms with Crippen molar-refractivity contribution in [3.63, 3.8) is 0 Å². The van der Waals surface area contributed by atoms with E-state index in [0.29, 0.717) is 24.9 Å². The summed E-state index contributed by atoms with van der Waals surface area (Å²) in [7, 11) is -3.64. The Labute approximate surface area is 130 Å². The minimum absolute atomic E-state index is 0. The van der Waals surface area contributed by atoms with Crippen LogP contribution in [0.25, 0.3) is 0 Å². The van der Waals surface area contributed by atoms with Crippen LogP contribution in [0.3, 0.4) is 0 Å². The predicted octanol–water partition coefficient (Wildman–Crippen LogP) is 0.895. The van der Waals surface area contributed by atoms with Gasteiger partial charge in [0.25, 0.3) is 0 Å². The number of rotatable bonds is 5. The van der Waals surface area contributed by atoms with E-state index in [2.05, 4.69) is 4.72 Å². The van der Waals surface area contributed by atoms with E-state index in [-0.39, 0.29) is 35.6 Å². The molecule has 3 N–H and O–H groups in total. The number of nitrogens with one attached hydrogen (secondary N) is 1. The number of sulfonamides is 1. The highest BCUT2D eigenvalue weighted by Crippen LogP contribution is 2.36. The average molecular weight is 335 g/mol. The molecule has 1 aliphatic carbocycles. The first-order valence-electron chi connectivity index (χ1n) is 6.72. The van der Waals surface area contributed by atoms with Crippen molar-refractivity contribution >= 4 is 22.4 Å². The zero-order chi connectivity index (χ0) is 14.2. The molecule has 1 aromatic rings.